The zero-order valence-corrected chi connectivity index (χ0v) is 39.8. The maximum Gasteiger partial charge on any atom is 0.182 e. The van der Waals surface area contributed by atoms with Crippen LogP contribution in [0.15, 0.2) is 229 Å². The molecule has 8 heterocycles. The first-order valence-electron chi connectivity index (χ1n) is 23.8. The Morgan fingerprint density at radius 1 is 0.351 bits per heavy atom. The van der Waals surface area contributed by atoms with Crippen LogP contribution in [0.25, 0.3) is 79.4 Å². The Morgan fingerprint density at radius 3 is 1.41 bits per heavy atom. The molecule has 0 aliphatic carbocycles. The molecule has 12 aromatic rings. The Bertz CT molecular complexity index is 3910. The third kappa shape index (κ3) is 7.61. The van der Waals surface area contributed by atoms with Crippen LogP contribution in [0.2, 0.25) is 0 Å². The molecule has 0 N–H and O–H groups in total. The topological polar surface area (TPSA) is 145 Å². The van der Waals surface area contributed by atoms with Gasteiger partial charge in [0.15, 0.2) is 46.4 Å². The Morgan fingerprint density at radius 2 is 0.851 bits per heavy atom. The molecule has 0 radical (unpaired) electrons. The zero-order valence-electron chi connectivity index (χ0n) is 39.0. The molecule has 6 aromatic carbocycles. The molecule has 0 saturated heterocycles. The SMILES string of the molecule is c1ccc(-c2nc(-c3cccnc3)nc(-c3cc(-c4nc(-c5cccnc5)nc(-c5ccccn5)n4)c4cc(N5c6ccccc6Sc6ccccc65)cc(N5c6ccccc6Oc6ccccc65)c4c3)n2)nc1. The molecule has 0 amide bonds. The first-order chi connectivity index (χ1) is 36.7. The lowest BCUT2D eigenvalue weighted by atomic mass is 9.95. The van der Waals surface area contributed by atoms with Crippen molar-refractivity contribution in [2.75, 3.05) is 9.80 Å². The van der Waals surface area contributed by atoms with E-state index in [1.807, 2.05) is 97.1 Å². The van der Waals surface area contributed by atoms with Gasteiger partial charge in [-0.1, -0.05) is 72.4 Å². The van der Waals surface area contributed by atoms with E-state index in [1.165, 1.54) is 0 Å². The Balaban J connectivity index is 1.13. The van der Waals surface area contributed by atoms with Crippen molar-refractivity contribution in [2.24, 2.45) is 0 Å². The second-order valence-electron chi connectivity index (χ2n) is 17.4. The van der Waals surface area contributed by atoms with Crippen molar-refractivity contribution in [1.82, 2.24) is 49.8 Å². The number of benzene rings is 6. The predicted molar refractivity (Wildman–Crippen MR) is 288 cm³/mol. The fraction of sp³-hybridized carbons (Fsp3) is 0. The number of para-hydroxylation sites is 6. The highest BCUT2D eigenvalue weighted by atomic mass is 32.2. The minimum absolute atomic E-state index is 0.396. The van der Waals surface area contributed by atoms with Crippen LogP contribution in [-0.4, -0.2) is 49.8 Å². The van der Waals surface area contributed by atoms with E-state index in [2.05, 4.69) is 110 Å². The number of ether oxygens (including phenoxy) is 1. The van der Waals surface area contributed by atoms with E-state index in [4.69, 9.17) is 39.6 Å². The molecule has 13 nitrogen and oxygen atoms in total. The quantitative estimate of drug-likeness (QED) is 0.142. The van der Waals surface area contributed by atoms with Crippen molar-refractivity contribution >= 4 is 56.7 Å². The van der Waals surface area contributed by atoms with Crippen molar-refractivity contribution in [1.29, 1.82) is 0 Å². The highest BCUT2D eigenvalue weighted by Gasteiger charge is 2.32. The van der Waals surface area contributed by atoms with Crippen LogP contribution in [-0.2, 0) is 0 Å². The highest BCUT2D eigenvalue weighted by Crippen LogP contribution is 2.56. The summed E-state index contributed by atoms with van der Waals surface area (Å²) in [5.41, 5.74) is 9.57. The van der Waals surface area contributed by atoms with Gasteiger partial charge >= 0.3 is 0 Å². The molecule has 0 spiro atoms. The Labute approximate surface area is 428 Å². The maximum atomic E-state index is 6.66. The third-order valence-corrected chi connectivity index (χ3v) is 13.9. The van der Waals surface area contributed by atoms with Gasteiger partial charge in [0.2, 0.25) is 0 Å². The molecule has 14 heteroatoms. The number of anilines is 6. The van der Waals surface area contributed by atoms with E-state index in [0.29, 0.717) is 74.5 Å². The van der Waals surface area contributed by atoms with Crippen LogP contribution in [0.4, 0.5) is 34.1 Å². The highest BCUT2D eigenvalue weighted by molar-refractivity contribution is 7.99. The molecule has 0 fully saturated rings. The van der Waals surface area contributed by atoms with Crippen LogP contribution in [0.5, 0.6) is 11.5 Å². The smallest absolute Gasteiger partial charge is 0.182 e. The molecule has 0 unspecified atom stereocenters. The van der Waals surface area contributed by atoms with Crippen LogP contribution >= 0.6 is 11.8 Å². The monoisotopic (exact) mass is 972 g/mol. The summed E-state index contributed by atoms with van der Waals surface area (Å²) in [6.45, 7) is 0. The van der Waals surface area contributed by atoms with Gasteiger partial charge in [0, 0.05) is 80.3 Å². The van der Waals surface area contributed by atoms with Crippen molar-refractivity contribution in [3.8, 4) is 80.1 Å². The van der Waals surface area contributed by atoms with E-state index in [1.54, 1.807) is 48.9 Å². The number of aromatic nitrogens is 10. The van der Waals surface area contributed by atoms with Crippen LogP contribution in [0.1, 0.15) is 0 Å². The molecule has 0 saturated carbocycles. The van der Waals surface area contributed by atoms with Crippen LogP contribution in [0, 0.1) is 0 Å². The standard InChI is InChI=1S/C60H36N12OS/c1-5-23-51-46(19-1)72(47-20-2-6-24-52(47)73-51)50-34-40(71-48-21-3-7-25-53(48)74-54-26-8-4-22-49(54)71)33-41-42(50)31-39(57-65-55(37-15-13-27-61-35-37)67-59(69-57)44-17-9-11-29-63-44)32-43(41)58-66-56(38-16-14-28-62-36-38)68-60(70-58)45-18-10-12-30-64-45/h1-36H. The van der Waals surface area contributed by atoms with Crippen molar-refractivity contribution in [3.05, 3.63) is 219 Å². The minimum Gasteiger partial charge on any atom is -0.453 e. The summed E-state index contributed by atoms with van der Waals surface area (Å²) >= 11 is 1.76. The summed E-state index contributed by atoms with van der Waals surface area (Å²) in [5.74, 6) is 3.90. The normalized spacial score (nSPS) is 12.3. The van der Waals surface area contributed by atoms with Crippen molar-refractivity contribution < 1.29 is 4.74 Å². The van der Waals surface area contributed by atoms with E-state index in [0.717, 1.165) is 60.3 Å². The van der Waals surface area contributed by atoms with Gasteiger partial charge in [-0.2, -0.15) is 0 Å². The number of hydrogen-bond donors (Lipinski definition) is 0. The molecule has 6 aromatic heterocycles. The molecule has 2 aliphatic rings. The van der Waals surface area contributed by atoms with Crippen molar-refractivity contribution in [2.45, 2.75) is 9.79 Å². The average Bonchev–Trinajstić information content (AvgIpc) is 3.48. The molecule has 0 bridgehead atoms. The molecule has 348 valence electrons. The number of pyridine rings is 4. The second-order valence-corrected chi connectivity index (χ2v) is 18.4. The minimum atomic E-state index is 0.396. The van der Waals surface area contributed by atoms with Gasteiger partial charge in [0.05, 0.1) is 28.4 Å². The first-order valence-corrected chi connectivity index (χ1v) is 24.6. The van der Waals surface area contributed by atoms with Gasteiger partial charge < -0.3 is 14.5 Å². The summed E-state index contributed by atoms with van der Waals surface area (Å²) in [5, 5.41) is 1.70. The van der Waals surface area contributed by atoms with Crippen LogP contribution in [0.3, 0.4) is 0 Å². The molecule has 14 rings (SSSR count). The summed E-state index contributed by atoms with van der Waals surface area (Å²) < 4.78 is 6.66. The zero-order chi connectivity index (χ0) is 49.0. The number of rotatable bonds is 8. The summed E-state index contributed by atoms with van der Waals surface area (Å²) in [6.07, 6.45) is 10.4. The summed E-state index contributed by atoms with van der Waals surface area (Å²) in [6, 6.07) is 61.0. The molecule has 0 atom stereocenters. The number of fused-ring (bicyclic) bond motifs is 5. The lowest BCUT2D eigenvalue weighted by Crippen LogP contribution is -2.18. The lowest BCUT2D eigenvalue weighted by Gasteiger charge is -2.36. The van der Waals surface area contributed by atoms with Crippen LogP contribution < -0.4 is 14.5 Å². The third-order valence-electron chi connectivity index (χ3n) is 12.8. The number of nitrogens with zero attached hydrogens (tertiary/aromatic N) is 12. The van der Waals surface area contributed by atoms with Gasteiger partial charge in [-0.3, -0.25) is 19.9 Å². The molecular weight excluding hydrogens is 937 g/mol. The fourth-order valence-electron chi connectivity index (χ4n) is 9.47. The van der Waals surface area contributed by atoms with Gasteiger partial charge in [-0.25, -0.2) is 29.9 Å². The van der Waals surface area contributed by atoms with E-state index < -0.39 is 0 Å². The largest absolute Gasteiger partial charge is 0.453 e. The van der Waals surface area contributed by atoms with Gasteiger partial charge in [0.25, 0.3) is 0 Å². The molecule has 74 heavy (non-hydrogen) atoms. The summed E-state index contributed by atoms with van der Waals surface area (Å²) in [7, 11) is 0. The van der Waals surface area contributed by atoms with Gasteiger partial charge in [-0.05, 0) is 127 Å². The molecular formula is C60H36N12OS. The summed E-state index contributed by atoms with van der Waals surface area (Å²) in [4.78, 5) is 56.3. The van der Waals surface area contributed by atoms with E-state index in [9.17, 15) is 0 Å². The number of hydrogen-bond acceptors (Lipinski definition) is 14. The lowest BCUT2D eigenvalue weighted by molar-refractivity contribution is 0.477. The predicted octanol–water partition coefficient (Wildman–Crippen LogP) is 14.3. The molecule has 2 aliphatic heterocycles. The maximum absolute atomic E-state index is 6.66. The Hall–Kier alpha value is -10.1. The second kappa shape index (κ2) is 18.0. The van der Waals surface area contributed by atoms with E-state index >= 15 is 0 Å². The fourth-order valence-corrected chi connectivity index (χ4v) is 10.5. The van der Waals surface area contributed by atoms with Crippen molar-refractivity contribution in [3.63, 3.8) is 0 Å². The average molecular weight is 973 g/mol. The first kappa shape index (κ1) is 42.8. The Kier molecular flexibility index (Phi) is 10.4. The van der Waals surface area contributed by atoms with Gasteiger partial charge in [-0.15, -0.1) is 0 Å². The van der Waals surface area contributed by atoms with E-state index in [-0.39, 0.29) is 0 Å². The van der Waals surface area contributed by atoms with Gasteiger partial charge in [0.1, 0.15) is 11.4 Å².